The van der Waals surface area contributed by atoms with Crippen molar-refractivity contribution >= 4 is 0 Å². The van der Waals surface area contributed by atoms with E-state index in [1.54, 1.807) is 13.8 Å². The first-order valence-electron chi connectivity index (χ1n) is 17.2. The molecule has 2 bridgehead atoms. The molecule has 0 aromatic rings. The fourth-order valence-corrected chi connectivity index (χ4v) is 13.1. The lowest BCUT2D eigenvalue weighted by Gasteiger charge is -2.60. The first-order chi connectivity index (χ1) is 20.4. The van der Waals surface area contributed by atoms with E-state index in [9.17, 15) is 25.5 Å². The van der Waals surface area contributed by atoms with E-state index in [0.717, 1.165) is 44.9 Å². The van der Waals surface area contributed by atoms with Gasteiger partial charge in [0.15, 0.2) is 12.1 Å². The third kappa shape index (κ3) is 3.33. The molecule has 3 saturated heterocycles. The summed E-state index contributed by atoms with van der Waals surface area (Å²) in [5.41, 5.74) is -0.456. The smallest absolute Gasteiger partial charge is 0.199 e. The van der Waals surface area contributed by atoms with Crippen LogP contribution in [-0.4, -0.2) is 92.5 Å². The summed E-state index contributed by atoms with van der Waals surface area (Å²) < 4.78 is 25.7. The third-order valence-electron chi connectivity index (χ3n) is 15.2. The second-order valence-electron chi connectivity index (χ2n) is 17.8. The van der Waals surface area contributed by atoms with Crippen LogP contribution in [0.1, 0.15) is 93.4 Å². The van der Waals surface area contributed by atoms with Gasteiger partial charge in [-0.3, -0.25) is 0 Å². The number of aliphatic hydroxyl groups excluding tert-OH is 4. The van der Waals surface area contributed by atoms with E-state index in [1.807, 2.05) is 0 Å². The molecular formula is C35H54O9. The summed E-state index contributed by atoms with van der Waals surface area (Å²) >= 11 is 0. The van der Waals surface area contributed by atoms with Gasteiger partial charge in [0, 0.05) is 11.3 Å². The molecule has 3 aliphatic heterocycles. The molecule has 8 aliphatic rings. The molecule has 3 heterocycles. The Hall–Kier alpha value is -0.620. The number of hydrogen-bond acceptors (Lipinski definition) is 9. The Kier molecular flexibility index (Phi) is 6.20. The summed E-state index contributed by atoms with van der Waals surface area (Å²) in [6.07, 6.45) is 2.81. The zero-order valence-corrected chi connectivity index (χ0v) is 27.5. The van der Waals surface area contributed by atoms with E-state index in [-0.39, 0.29) is 46.4 Å². The highest BCUT2D eigenvalue weighted by molar-refractivity contribution is 5.48. The Morgan fingerprint density at radius 1 is 0.977 bits per heavy atom. The van der Waals surface area contributed by atoms with Crippen LogP contribution in [0.4, 0.5) is 0 Å². The van der Waals surface area contributed by atoms with E-state index in [0.29, 0.717) is 11.8 Å². The van der Waals surface area contributed by atoms with Gasteiger partial charge in [0.25, 0.3) is 0 Å². The van der Waals surface area contributed by atoms with Crippen LogP contribution in [0.3, 0.4) is 0 Å². The van der Waals surface area contributed by atoms with Crippen molar-refractivity contribution in [3.63, 3.8) is 0 Å². The lowest BCUT2D eigenvalue weighted by atomic mass is 9.44. The predicted octanol–water partition coefficient (Wildman–Crippen LogP) is 3.04. The molecule has 0 aromatic heterocycles. The second-order valence-corrected chi connectivity index (χ2v) is 17.8. The monoisotopic (exact) mass is 618 g/mol. The Labute approximate surface area is 261 Å². The average molecular weight is 619 g/mol. The Morgan fingerprint density at radius 2 is 1.70 bits per heavy atom. The van der Waals surface area contributed by atoms with Crippen LogP contribution in [-0.2, 0) is 18.9 Å². The van der Waals surface area contributed by atoms with Gasteiger partial charge in [0.1, 0.15) is 30.5 Å². The first kappa shape index (κ1) is 30.7. The van der Waals surface area contributed by atoms with Crippen molar-refractivity contribution in [2.45, 2.75) is 154 Å². The van der Waals surface area contributed by atoms with Crippen molar-refractivity contribution < 1.29 is 44.5 Å². The summed E-state index contributed by atoms with van der Waals surface area (Å²) in [6, 6.07) is 0. The van der Waals surface area contributed by atoms with Gasteiger partial charge in [-0.05, 0) is 92.3 Å². The van der Waals surface area contributed by atoms with Gasteiger partial charge >= 0.3 is 0 Å². The average Bonchev–Trinajstić information content (AvgIpc) is 3.45. The largest absolute Gasteiger partial charge is 0.388 e. The fraction of sp³-hybridized carbons (Fsp3) is 0.943. The molecule has 0 amide bonds. The number of hydrogen-bond donors (Lipinski definition) is 5. The molecule has 44 heavy (non-hydrogen) atoms. The van der Waals surface area contributed by atoms with Crippen LogP contribution < -0.4 is 0 Å². The van der Waals surface area contributed by atoms with Crippen molar-refractivity contribution in [3.8, 4) is 0 Å². The summed E-state index contributed by atoms with van der Waals surface area (Å²) in [5, 5.41) is 54.4. The molecule has 16 atom stereocenters. The number of ether oxygens (including phenoxy) is 4. The van der Waals surface area contributed by atoms with Gasteiger partial charge in [-0.1, -0.05) is 46.3 Å². The summed E-state index contributed by atoms with van der Waals surface area (Å²) in [7, 11) is 0. The van der Waals surface area contributed by atoms with E-state index >= 15 is 0 Å². The third-order valence-corrected chi connectivity index (χ3v) is 15.2. The number of rotatable bonds is 3. The lowest BCUT2D eigenvalue weighted by Crippen LogP contribution is -2.58. The number of allylic oxidation sites excluding steroid dienone is 1. The molecule has 9 heteroatoms. The van der Waals surface area contributed by atoms with Gasteiger partial charge in [-0.25, -0.2) is 0 Å². The van der Waals surface area contributed by atoms with Crippen molar-refractivity contribution in [3.05, 3.63) is 11.6 Å². The molecule has 8 rings (SSSR count). The lowest BCUT2D eigenvalue weighted by molar-refractivity contribution is -0.300. The summed E-state index contributed by atoms with van der Waals surface area (Å²) in [6.45, 7) is 15.0. The number of fused-ring (bicyclic) bond motifs is 4. The van der Waals surface area contributed by atoms with E-state index in [2.05, 4.69) is 40.7 Å². The molecule has 0 unspecified atom stereocenters. The normalized spacial score (nSPS) is 60.4. The van der Waals surface area contributed by atoms with E-state index in [1.165, 1.54) is 5.57 Å². The SMILES string of the molecule is C[C@@H]1C[C@H]2O[C@@]3(O[C@@H]2C(C)(C)O)[C@@H]1[C@]1(C)CC[C@]24C[C@]25CC[C@H](O[C@@H]2OC[C@@H](O)[C@H](O)[C@H]2O)C(C)(C)[C@@H]5CC=C4[C@]1(C)[C@@H]3O. The van der Waals surface area contributed by atoms with Gasteiger partial charge in [-0.2, -0.15) is 0 Å². The molecule has 5 N–H and O–H groups in total. The van der Waals surface area contributed by atoms with Crippen molar-refractivity contribution in [2.75, 3.05) is 6.61 Å². The van der Waals surface area contributed by atoms with Crippen LogP contribution in [0.5, 0.6) is 0 Å². The zero-order valence-electron chi connectivity index (χ0n) is 27.5. The van der Waals surface area contributed by atoms with Crippen LogP contribution in [0.25, 0.3) is 0 Å². The van der Waals surface area contributed by atoms with Crippen LogP contribution in [0.15, 0.2) is 11.6 Å². The molecule has 248 valence electrons. The van der Waals surface area contributed by atoms with Gasteiger partial charge in [-0.15, -0.1) is 0 Å². The topological polar surface area (TPSA) is 138 Å². The molecule has 5 aliphatic carbocycles. The fourth-order valence-electron chi connectivity index (χ4n) is 13.1. The molecule has 0 aromatic carbocycles. The zero-order chi connectivity index (χ0) is 31.6. The van der Waals surface area contributed by atoms with Crippen molar-refractivity contribution in [2.24, 2.45) is 44.8 Å². The van der Waals surface area contributed by atoms with Crippen LogP contribution in [0.2, 0.25) is 0 Å². The Balaban J connectivity index is 1.13. The molecule has 9 nitrogen and oxygen atoms in total. The molecular weight excluding hydrogens is 564 g/mol. The highest BCUT2D eigenvalue weighted by Gasteiger charge is 2.86. The standard InChI is InChI=1S/C35H54O9/c1-17-14-19-26(30(4,5)40)44-35(43-19)25(17)31(6)12-13-34-16-33(34)11-10-22(42-27-24(38)23(37)18(36)15-41-27)29(2,3)20(33)8-9-21(34)32(31,7)28(35)39/h9,17-20,22-28,36-40H,8,10-16H2,1-7H3/t17-,18-,19-,20+,22+,23+,24-,25+,26+,27+,28+,31+,32-,33+,34-,35-/m1/s1. The van der Waals surface area contributed by atoms with E-state index < -0.39 is 53.6 Å². The molecule has 7 fully saturated rings. The number of aliphatic hydroxyl groups is 5. The highest BCUT2D eigenvalue weighted by Crippen LogP contribution is 2.89. The predicted molar refractivity (Wildman–Crippen MR) is 159 cm³/mol. The van der Waals surface area contributed by atoms with Crippen molar-refractivity contribution in [1.82, 2.24) is 0 Å². The maximum Gasteiger partial charge on any atom is 0.199 e. The Morgan fingerprint density at radius 3 is 2.41 bits per heavy atom. The summed E-state index contributed by atoms with van der Waals surface area (Å²) in [4.78, 5) is 0. The second kappa shape index (κ2) is 8.88. The van der Waals surface area contributed by atoms with Crippen LogP contribution in [0, 0.1) is 44.8 Å². The summed E-state index contributed by atoms with van der Waals surface area (Å²) in [5.74, 6) is -0.431. The highest BCUT2D eigenvalue weighted by atomic mass is 16.8. The van der Waals surface area contributed by atoms with Gasteiger partial charge in [0.2, 0.25) is 0 Å². The molecule has 0 radical (unpaired) electrons. The maximum absolute atomic E-state index is 12.6. The first-order valence-corrected chi connectivity index (χ1v) is 17.2. The van der Waals surface area contributed by atoms with Crippen molar-refractivity contribution in [1.29, 1.82) is 0 Å². The quantitative estimate of drug-likeness (QED) is 0.302. The minimum absolute atomic E-state index is 0.0234. The molecule has 4 saturated carbocycles. The van der Waals surface area contributed by atoms with Crippen LogP contribution >= 0.6 is 0 Å². The minimum atomic E-state index is -1.30. The Bertz CT molecular complexity index is 1260. The van der Waals surface area contributed by atoms with Gasteiger partial charge < -0.3 is 44.5 Å². The molecule has 3 spiro atoms. The maximum atomic E-state index is 12.6. The van der Waals surface area contributed by atoms with E-state index in [4.69, 9.17) is 18.9 Å². The van der Waals surface area contributed by atoms with Gasteiger partial charge in [0.05, 0.1) is 24.4 Å². The minimum Gasteiger partial charge on any atom is -0.388 e.